The molecule has 2 aromatic carbocycles. The Morgan fingerprint density at radius 3 is 2.44 bits per heavy atom. The number of nitrogens with two attached hydrogens (primary N) is 1. The van der Waals surface area contributed by atoms with Crippen LogP contribution in [-0.2, 0) is 0 Å². The summed E-state index contributed by atoms with van der Waals surface area (Å²) >= 11 is 0. The largest absolute Gasteiger partial charge is 0.393 e. The highest BCUT2D eigenvalue weighted by molar-refractivity contribution is 5.93. The van der Waals surface area contributed by atoms with Crippen LogP contribution in [0.15, 0.2) is 60.9 Å². The molecule has 0 saturated carbocycles. The van der Waals surface area contributed by atoms with E-state index in [-0.39, 0.29) is 5.82 Å². The predicted octanol–water partition coefficient (Wildman–Crippen LogP) is 4.12. The number of anilines is 5. The summed E-state index contributed by atoms with van der Waals surface area (Å²) < 4.78 is 13.2. The fourth-order valence-electron chi connectivity index (χ4n) is 4.04. The number of aryl methyl sites for hydroxylation is 1. The number of para-hydroxylation sites is 1. The second-order valence-corrected chi connectivity index (χ2v) is 7.86. The molecule has 7 nitrogen and oxygen atoms in total. The number of hydrogen-bond acceptors (Lipinski definition) is 7. The van der Waals surface area contributed by atoms with E-state index in [2.05, 4.69) is 36.1 Å². The quantitative estimate of drug-likeness (QED) is 0.505. The summed E-state index contributed by atoms with van der Waals surface area (Å²) in [5, 5.41) is 4.40. The van der Waals surface area contributed by atoms with Gasteiger partial charge in [-0.2, -0.15) is 0 Å². The summed E-state index contributed by atoms with van der Waals surface area (Å²) in [4.78, 5) is 17.9. The Morgan fingerprint density at radius 1 is 0.906 bits per heavy atom. The molecule has 0 amide bonds. The van der Waals surface area contributed by atoms with Gasteiger partial charge in [0.05, 0.1) is 11.2 Å². The predicted molar refractivity (Wildman–Crippen MR) is 127 cm³/mol. The van der Waals surface area contributed by atoms with E-state index in [1.165, 1.54) is 18.5 Å². The molecule has 32 heavy (non-hydrogen) atoms. The van der Waals surface area contributed by atoms with Crippen molar-refractivity contribution in [2.24, 2.45) is 0 Å². The number of hydrogen-bond donors (Lipinski definition) is 2. The van der Waals surface area contributed by atoms with Crippen LogP contribution in [0.3, 0.4) is 0 Å². The number of nitrogens with zero attached hydrogens (tertiary/aromatic N) is 5. The van der Waals surface area contributed by atoms with Gasteiger partial charge in [0.2, 0.25) is 0 Å². The molecular weight excluding hydrogens is 405 g/mol. The smallest absolute Gasteiger partial charge is 0.159 e. The minimum absolute atomic E-state index is 0.224. The number of pyridine rings is 1. The maximum Gasteiger partial charge on any atom is 0.159 e. The Balaban J connectivity index is 1.36. The molecule has 3 heterocycles. The maximum absolute atomic E-state index is 13.2. The van der Waals surface area contributed by atoms with E-state index in [9.17, 15) is 4.39 Å². The first kappa shape index (κ1) is 20.0. The molecule has 0 aliphatic carbocycles. The maximum atomic E-state index is 13.2. The average Bonchev–Trinajstić information content (AvgIpc) is 2.81. The van der Waals surface area contributed by atoms with E-state index in [0.717, 1.165) is 54.2 Å². The normalized spacial score (nSPS) is 14.1. The zero-order chi connectivity index (χ0) is 22.1. The van der Waals surface area contributed by atoms with Crippen LogP contribution in [0.5, 0.6) is 0 Å². The topological polar surface area (TPSA) is 83.2 Å². The van der Waals surface area contributed by atoms with Gasteiger partial charge in [0, 0.05) is 42.9 Å². The highest BCUT2D eigenvalue weighted by Gasteiger charge is 2.22. The molecule has 162 valence electrons. The molecule has 1 fully saturated rings. The van der Waals surface area contributed by atoms with E-state index < -0.39 is 0 Å². The molecule has 2 aromatic heterocycles. The van der Waals surface area contributed by atoms with Crippen LogP contribution in [0.25, 0.3) is 10.9 Å². The summed E-state index contributed by atoms with van der Waals surface area (Å²) in [6.07, 6.45) is 1.53. The van der Waals surface area contributed by atoms with Crippen LogP contribution in [0.4, 0.5) is 33.1 Å². The van der Waals surface area contributed by atoms with Gasteiger partial charge in [0.15, 0.2) is 11.6 Å². The van der Waals surface area contributed by atoms with Gasteiger partial charge in [-0.25, -0.2) is 14.4 Å². The van der Waals surface area contributed by atoms with Crippen molar-refractivity contribution in [3.05, 3.63) is 72.4 Å². The summed E-state index contributed by atoms with van der Waals surface area (Å²) in [6, 6.07) is 16.6. The van der Waals surface area contributed by atoms with Crippen molar-refractivity contribution in [1.82, 2.24) is 15.0 Å². The number of piperazine rings is 1. The molecule has 1 saturated heterocycles. The number of nitrogen functional groups attached to an aromatic ring is 1. The Labute approximate surface area is 185 Å². The lowest BCUT2D eigenvalue weighted by Gasteiger charge is -2.37. The van der Waals surface area contributed by atoms with Crippen LogP contribution in [0.2, 0.25) is 0 Å². The third-order valence-electron chi connectivity index (χ3n) is 5.75. The number of nitrogens with one attached hydrogen (secondary N) is 1. The van der Waals surface area contributed by atoms with Gasteiger partial charge in [-0.05, 0) is 43.3 Å². The van der Waals surface area contributed by atoms with Gasteiger partial charge in [-0.3, -0.25) is 4.98 Å². The molecule has 5 rings (SSSR count). The van der Waals surface area contributed by atoms with Gasteiger partial charge in [0.25, 0.3) is 0 Å². The number of aromatic nitrogens is 3. The first-order valence-electron chi connectivity index (χ1n) is 10.6. The summed E-state index contributed by atoms with van der Waals surface area (Å²) in [5.74, 6) is 1.05. The third kappa shape index (κ3) is 3.87. The van der Waals surface area contributed by atoms with Gasteiger partial charge in [-0.15, -0.1) is 0 Å². The Hall–Kier alpha value is -3.94. The zero-order valence-electron chi connectivity index (χ0n) is 17.8. The van der Waals surface area contributed by atoms with Gasteiger partial charge < -0.3 is 20.9 Å². The van der Waals surface area contributed by atoms with Crippen LogP contribution in [0.1, 0.15) is 5.69 Å². The Bertz CT molecular complexity index is 1250. The number of halogens is 1. The third-order valence-corrected chi connectivity index (χ3v) is 5.75. The molecule has 8 heteroatoms. The van der Waals surface area contributed by atoms with Crippen molar-refractivity contribution in [2.75, 3.05) is 47.0 Å². The van der Waals surface area contributed by atoms with Crippen molar-refractivity contribution < 1.29 is 4.39 Å². The van der Waals surface area contributed by atoms with Crippen LogP contribution < -0.4 is 20.9 Å². The van der Waals surface area contributed by atoms with Crippen LogP contribution in [0, 0.1) is 12.7 Å². The average molecular weight is 430 g/mol. The molecule has 0 radical (unpaired) electrons. The second kappa shape index (κ2) is 8.30. The molecule has 0 atom stereocenters. The molecule has 0 spiro atoms. The monoisotopic (exact) mass is 429 g/mol. The fourth-order valence-corrected chi connectivity index (χ4v) is 4.04. The lowest BCUT2D eigenvalue weighted by atomic mass is 10.1. The molecule has 0 unspecified atom stereocenters. The lowest BCUT2D eigenvalue weighted by Crippen LogP contribution is -2.47. The second-order valence-electron chi connectivity index (χ2n) is 7.86. The summed E-state index contributed by atoms with van der Waals surface area (Å²) in [5.41, 5.74) is 10.7. The molecule has 0 bridgehead atoms. The minimum Gasteiger partial charge on any atom is -0.393 e. The Morgan fingerprint density at radius 2 is 1.66 bits per heavy atom. The number of benzene rings is 2. The van der Waals surface area contributed by atoms with Gasteiger partial charge in [-0.1, -0.05) is 18.2 Å². The van der Waals surface area contributed by atoms with Crippen molar-refractivity contribution >= 4 is 39.6 Å². The highest BCUT2D eigenvalue weighted by atomic mass is 19.1. The van der Waals surface area contributed by atoms with E-state index in [4.69, 9.17) is 5.73 Å². The van der Waals surface area contributed by atoms with Crippen LogP contribution in [-0.4, -0.2) is 41.1 Å². The standard InChI is InChI=1S/C24H24FN7/c1-16-5-6-17-3-2-4-20(22(17)29-16)30-23-21(26)24(28-15-27-23)32-13-11-31(12-14-32)19-9-7-18(25)8-10-19/h2-10,15H,11-14,26H2,1H3,(H,27,28,30). The fraction of sp³-hybridized carbons (Fsp3) is 0.208. The van der Waals surface area contributed by atoms with Crippen molar-refractivity contribution in [2.45, 2.75) is 6.92 Å². The highest BCUT2D eigenvalue weighted by Crippen LogP contribution is 2.32. The van der Waals surface area contributed by atoms with Gasteiger partial charge in [0.1, 0.15) is 17.8 Å². The van der Waals surface area contributed by atoms with E-state index in [1.807, 2.05) is 43.3 Å². The van der Waals surface area contributed by atoms with E-state index >= 15 is 0 Å². The minimum atomic E-state index is -0.224. The molecule has 1 aliphatic rings. The van der Waals surface area contributed by atoms with Gasteiger partial charge >= 0.3 is 0 Å². The van der Waals surface area contributed by atoms with Crippen molar-refractivity contribution in [1.29, 1.82) is 0 Å². The molecular formula is C24H24FN7. The van der Waals surface area contributed by atoms with Crippen molar-refractivity contribution in [3.8, 4) is 0 Å². The van der Waals surface area contributed by atoms with Crippen LogP contribution >= 0.6 is 0 Å². The zero-order valence-corrected chi connectivity index (χ0v) is 17.8. The summed E-state index contributed by atoms with van der Waals surface area (Å²) in [6.45, 7) is 5.08. The molecule has 4 aromatic rings. The SMILES string of the molecule is Cc1ccc2cccc(Nc3ncnc(N4CCN(c5ccc(F)cc5)CC4)c3N)c2n1. The number of rotatable bonds is 4. The summed E-state index contributed by atoms with van der Waals surface area (Å²) in [7, 11) is 0. The molecule has 1 aliphatic heterocycles. The molecule has 3 N–H and O–H groups in total. The first-order chi connectivity index (χ1) is 15.6. The lowest BCUT2D eigenvalue weighted by molar-refractivity contribution is 0.624. The number of fused-ring (bicyclic) bond motifs is 1. The van der Waals surface area contributed by atoms with E-state index in [1.54, 1.807) is 0 Å². The first-order valence-corrected chi connectivity index (χ1v) is 10.6. The van der Waals surface area contributed by atoms with E-state index in [0.29, 0.717) is 17.3 Å². The Kier molecular flexibility index (Phi) is 5.18. The van der Waals surface area contributed by atoms with Crippen molar-refractivity contribution in [3.63, 3.8) is 0 Å².